The van der Waals surface area contributed by atoms with E-state index in [1.54, 1.807) is 47.1 Å². The molecular weight excluding hydrogens is 425 g/mol. The Morgan fingerprint density at radius 2 is 1.80 bits per heavy atom. The van der Waals surface area contributed by atoms with Crippen LogP contribution in [0.25, 0.3) is 5.69 Å². The largest absolute Gasteiger partial charge is 0.467 e. The summed E-state index contributed by atoms with van der Waals surface area (Å²) in [6.45, 7) is 3.71. The molecule has 0 spiro atoms. The molecule has 0 aliphatic carbocycles. The van der Waals surface area contributed by atoms with Crippen molar-refractivity contribution < 1.29 is 14.3 Å². The summed E-state index contributed by atoms with van der Waals surface area (Å²) in [5.41, 5.74) is 3.68. The maximum atomic E-state index is 12.8. The number of aryl methyl sites for hydroxylation is 1. The van der Waals surface area contributed by atoms with E-state index >= 15 is 0 Å². The molecule has 30 heavy (non-hydrogen) atoms. The number of hydrogen-bond donors (Lipinski definition) is 1. The lowest BCUT2D eigenvalue weighted by Gasteiger charge is -2.17. The molecule has 3 aromatic rings. The number of methoxy groups -OCH3 is 1. The van der Waals surface area contributed by atoms with Crippen molar-refractivity contribution in [2.75, 3.05) is 7.11 Å². The zero-order valence-electron chi connectivity index (χ0n) is 16.8. The molecule has 3 rings (SSSR count). The molecule has 1 heterocycles. The number of hydrogen-bond acceptors (Lipinski definition) is 4. The minimum absolute atomic E-state index is 0.0688. The molecule has 2 aromatic carbocycles. The maximum Gasteiger partial charge on any atom is 0.333 e. The van der Waals surface area contributed by atoms with Crippen molar-refractivity contribution >= 4 is 35.1 Å². The average molecular weight is 446 g/mol. The van der Waals surface area contributed by atoms with Gasteiger partial charge < -0.3 is 10.1 Å². The molecule has 1 N–H and O–H groups in total. The van der Waals surface area contributed by atoms with Crippen molar-refractivity contribution in [2.45, 2.75) is 26.3 Å². The van der Waals surface area contributed by atoms with E-state index in [1.807, 2.05) is 19.9 Å². The first-order valence-corrected chi connectivity index (χ1v) is 10.00. The Morgan fingerprint density at radius 1 is 1.10 bits per heavy atom. The van der Waals surface area contributed by atoms with Gasteiger partial charge in [-0.15, -0.1) is 0 Å². The lowest BCUT2D eigenvalue weighted by Crippen LogP contribution is -2.35. The summed E-state index contributed by atoms with van der Waals surface area (Å²) in [6, 6.07) is 13.3. The molecule has 0 fully saturated rings. The standard InChI is InChI=1S/C22H21Cl2N3O3/c1-13-17(14(2)27(26-13)16-9-10-18(23)19(24)11-16)12-20(28)25-21(22(29)30-3)15-7-5-4-6-8-15/h4-11,21H,12H2,1-3H3,(H,25,28). The zero-order valence-corrected chi connectivity index (χ0v) is 18.3. The number of aromatic nitrogens is 2. The van der Waals surface area contributed by atoms with Gasteiger partial charge in [-0.2, -0.15) is 5.10 Å². The quantitative estimate of drug-likeness (QED) is 0.571. The summed E-state index contributed by atoms with van der Waals surface area (Å²) in [5, 5.41) is 8.18. The molecule has 0 aliphatic rings. The lowest BCUT2D eigenvalue weighted by atomic mass is 10.1. The zero-order chi connectivity index (χ0) is 21.8. The fourth-order valence-corrected chi connectivity index (χ4v) is 3.51. The van der Waals surface area contributed by atoms with Crippen LogP contribution >= 0.6 is 23.2 Å². The third-order valence-electron chi connectivity index (χ3n) is 4.80. The molecular formula is C22H21Cl2N3O3. The van der Waals surface area contributed by atoms with Crippen LogP contribution in [-0.2, 0) is 20.7 Å². The first-order valence-electron chi connectivity index (χ1n) is 9.24. The highest BCUT2D eigenvalue weighted by Crippen LogP contribution is 2.26. The molecule has 6 nitrogen and oxygen atoms in total. The number of benzene rings is 2. The van der Waals surface area contributed by atoms with Crippen molar-refractivity contribution in [3.05, 3.63) is 81.1 Å². The van der Waals surface area contributed by atoms with E-state index in [-0.39, 0.29) is 12.3 Å². The second-order valence-electron chi connectivity index (χ2n) is 6.77. The minimum Gasteiger partial charge on any atom is -0.467 e. The normalized spacial score (nSPS) is 11.8. The average Bonchev–Trinajstić information content (AvgIpc) is 3.02. The Labute approximate surface area is 184 Å². The van der Waals surface area contributed by atoms with Crippen molar-refractivity contribution in [2.24, 2.45) is 0 Å². The van der Waals surface area contributed by atoms with Gasteiger partial charge in [-0.05, 0) is 37.6 Å². The Hall–Kier alpha value is -2.83. The molecule has 1 atom stereocenters. The van der Waals surface area contributed by atoms with Gasteiger partial charge in [-0.3, -0.25) is 4.79 Å². The maximum absolute atomic E-state index is 12.8. The molecule has 0 radical (unpaired) electrons. The van der Waals surface area contributed by atoms with Gasteiger partial charge in [0.2, 0.25) is 5.91 Å². The lowest BCUT2D eigenvalue weighted by molar-refractivity contribution is -0.145. The van der Waals surface area contributed by atoms with Gasteiger partial charge in [-0.25, -0.2) is 9.48 Å². The van der Waals surface area contributed by atoms with E-state index in [4.69, 9.17) is 27.9 Å². The van der Waals surface area contributed by atoms with Crippen LogP contribution in [0.4, 0.5) is 0 Å². The molecule has 0 saturated heterocycles. The van der Waals surface area contributed by atoms with E-state index in [0.717, 1.165) is 16.9 Å². The number of amides is 1. The van der Waals surface area contributed by atoms with Crippen LogP contribution in [0.3, 0.4) is 0 Å². The van der Waals surface area contributed by atoms with Crippen LogP contribution in [0.15, 0.2) is 48.5 Å². The Balaban J connectivity index is 1.83. The van der Waals surface area contributed by atoms with E-state index in [2.05, 4.69) is 10.4 Å². The van der Waals surface area contributed by atoms with Gasteiger partial charge >= 0.3 is 5.97 Å². The van der Waals surface area contributed by atoms with Crippen LogP contribution < -0.4 is 5.32 Å². The van der Waals surface area contributed by atoms with Crippen molar-refractivity contribution in [3.8, 4) is 5.69 Å². The van der Waals surface area contributed by atoms with Crippen LogP contribution in [0, 0.1) is 13.8 Å². The summed E-state index contributed by atoms with van der Waals surface area (Å²) in [4.78, 5) is 25.0. The van der Waals surface area contributed by atoms with Crippen LogP contribution in [0.1, 0.15) is 28.6 Å². The molecule has 8 heteroatoms. The first-order chi connectivity index (χ1) is 14.3. The first kappa shape index (κ1) is 21.9. The highest BCUT2D eigenvalue weighted by atomic mass is 35.5. The monoisotopic (exact) mass is 445 g/mol. The molecule has 156 valence electrons. The number of rotatable bonds is 6. The van der Waals surface area contributed by atoms with Crippen molar-refractivity contribution in [1.82, 2.24) is 15.1 Å². The minimum atomic E-state index is -0.880. The van der Waals surface area contributed by atoms with Gasteiger partial charge in [-0.1, -0.05) is 53.5 Å². The molecule has 0 bridgehead atoms. The van der Waals surface area contributed by atoms with Gasteiger partial charge in [0.15, 0.2) is 6.04 Å². The number of nitrogens with one attached hydrogen (secondary N) is 1. The van der Waals surface area contributed by atoms with E-state index < -0.39 is 12.0 Å². The number of carbonyl (C=O) groups is 2. The highest BCUT2D eigenvalue weighted by Gasteiger charge is 2.25. The molecule has 1 unspecified atom stereocenters. The van der Waals surface area contributed by atoms with E-state index in [0.29, 0.717) is 21.3 Å². The predicted octanol–water partition coefficient (Wildman–Crippen LogP) is 4.37. The number of halogens is 2. The number of esters is 1. The fraction of sp³-hybridized carbons (Fsp3) is 0.227. The smallest absolute Gasteiger partial charge is 0.333 e. The Bertz CT molecular complexity index is 1080. The van der Waals surface area contributed by atoms with Gasteiger partial charge in [0, 0.05) is 11.3 Å². The Morgan fingerprint density at radius 3 is 2.43 bits per heavy atom. The SMILES string of the molecule is COC(=O)C(NC(=O)Cc1c(C)nn(-c2ccc(Cl)c(Cl)c2)c1C)c1ccccc1. The fourth-order valence-electron chi connectivity index (χ4n) is 3.21. The number of carbonyl (C=O) groups excluding carboxylic acids is 2. The van der Waals surface area contributed by atoms with Gasteiger partial charge in [0.25, 0.3) is 0 Å². The summed E-state index contributed by atoms with van der Waals surface area (Å²) in [7, 11) is 1.29. The summed E-state index contributed by atoms with van der Waals surface area (Å²) >= 11 is 12.1. The third-order valence-corrected chi connectivity index (χ3v) is 5.54. The van der Waals surface area contributed by atoms with E-state index in [1.165, 1.54) is 7.11 Å². The molecule has 0 aliphatic heterocycles. The number of ether oxygens (including phenoxy) is 1. The van der Waals surface area contributed by atoms with Gasteiger partial charge in [0.1, 0.15) is 0 Å². The van der Waals surface area contributed by atoms with Crippen LogP contribution in [-0.4, -0.2) is 28.8 Å². The van der Waals surface area contributed by atoms with Crippen molar-refractivity contribution in [3.63, 3.8) is 0 Å². The van der Waals surface area contributed by atoms with E-state index in [9.17, 15) is 9.59 Å². The predicted molar refractivity (Wildman–Crippen MR) is 116 cm³/mol. The second kappa shape index (κ2) is 9.32. The Kier molecular flexibility index (Phi) is 6.80. The summed E-state index contributed by atoms with van der Waals surface area (Å²) < 4.78 is 6.57. The van der Waals surface area contributed by atoms with Crippen LogP contribution in [0.2, 0.25) is 10.0 Å². The molecule has 1 amide bonds. The third kappa shape index (κ3) is 4.66. The van der Waals surface area contributed by atoms with Crippen molar-refractivity contribution in [1.29, 1.82) is 0 Å². The van der Waals surface area contributed by atoms with Gasteiger partial charge in [0.05, 0.1) is 35.0 Å². The summed E-state index contributed by atoms with van der Waals surface area (Å²) in [6.07, 6.45) is 0.0688. The van der Waals surface area contributed by atoms with Crippen LogP contribution in [0.5, 0.6) is 0 Å². The second-order valence-corrected chi connectivity index (χ2v) is 7.59. The molecule has 1 aromatic heterocycles. The highest BCUT2D eigenvalue weighted by molar-refractivity contribution is 6.42. The molecule has 0 saturated carbocycles. The number of nitrogens with zero attached hydrogens (tertiary/aromatic N) is 2. The topological polar surface area (TPSA) is 73.2 Å². The summed E-state index contributed by atoms with van der Waals surface area (Å²) in [5.74, 6) is -0.844.